The van der Waals surface area contributed by atoms with Crippen molar-refractivity contribution in [3.8, 4) is 0 Å². The fourth-order valence-corrected chi connectivity index (χ4v) is 3.79. The fourth-order valence-electron chi connectivity index (χ4n) is 3.79. The van der Waals surface area contributed by atoms with Gasteiger partial charge in [0.25, 0.3) is 11.8 Å². The average Bonchev–Trinajstić information content (AvgIpc) is 2.94. The highest BCUT2D eigenvalue weighted by molar-refractivity contribution is 6.07. The number of rotatable bonds is 3. The molecule has 144 valence electrons. The summed E-state index contributed by atoms with van der Waals surface area (Å²) in [5.41, 5.74) is 0.321. The van der Waals surface area contributed by atoms with Crippen LogP contribution in [0.2, 0.25) is 0 Å². The number of amides is 4. The van der Waals surface area contributed by atoms with Gasteiger partial charge in [0.15, 0.2) is 0 Å². The molecule has 1 spiro atoms. The summed E-state index contributed by atoms with van der Waals surface area (Å²) < 4.78 is 13.1. The quantitative estimate of drug-likeness (QED) is 0.831. The van der Waals surface area contributed by atoms with Gasteiger partial charge in [0.2, 0.25) is 0 Å². The van der Waals surface area contributed by atoms with E-state index in [1.54, 1.807) is 29.2 Å². The van der Waals surface area contributed by atoms with Crippen LogP contribution in [0.15, 0.2) is 54.6 Å². The second kappa shape index (κ2) is 7.07. The van der Waals surface area contributed by atoms with Crippen molar-refractivity contribution in [3.63, 3.8) is 0 Å². The van der Waals surface area contributed by atoms with E-state index in [0.717, 1.165) is 0 Å². The number of piperidine rings is 1. The molecule has 0 saturated carbocycles. The number of urea groups is 1. The Hall–Kier alpha value is -3.22. The van der Waals surface area contributed by atoms with E-state index in [9.17, 15) is 18.8 Å². The van der Waals surface area contributed by atoms with E-state index in [1.807, 2.05) is 18.2 Å². The molecule has 0 unspecified atom stereocenters. The Labute approximate surface area is 161 Å². The number of imide groups is 1. The highest BCUT2D eigenvalue weighted by atomic mass is 19.1. The third-order valence-electron chi connectivity index (χ3n) is 5.42. The van der Waals surface area contributed by atoms with E-state index in [2.05, 4.69) is 5.32 Å². The van der Waals surface area contributed by atoms with Gasteiger partial charge >= 0.3 is 6.03 Å². The van der Waals surface area contributed by atoms with E-state index >= 15 is 0 Å². The zero-order chi connectivity index (χ0) is 19.7. The minimum atomic E-state index is -0.968. The second-order valence-corrected chi connectivity index (χ2v) is 7.19. The van der Waals surface area contributed by atoms with Gasteiger partial charge < -0.3 is 10.2 Å². The van der Waals surface area contributed by atoms with Gasteiger partial charge in [-0.25, -0.2) is 9.18 Å². The topological polar surface area (TPSA) is 69.7 Å². The second-order valence-electron chi connectivity index (χ2n) is 7.19. The van der Waals surface area contributed by atoms with Crippen LogP contribution in [0.3, 0.4) is 0 Å². The highest BCUT2D eigenvalue weighted by Gasteiger charge is 2.52. The number of hydrogen-bond acceptors (Lipinski definition) is 3. The van der Waals surface area contributed by atoms with Crippen molar-refractivity contribution in [1.82, 2.24) is 15.1 Å². The molecule has 0 radical (unpaired) electrons. The van der Waals surface area contributed by atoms with Crippen molar-refractivity contribution < 1.29 is 18.8 Å². The van der Waals surface area contributed by atoms with Crippen LogP contribution in [0.4, 0.5) is 9.18 Å². The van der Waals surface area contributed by atoms with Gasteiger partial charge in [-0.3, -0.25) is 14.5 Å². The van der Waals surface area contributed by atoms with Crippen molar-refractivity contribution in [2.75, 3.05) is 13.1 Å². The largest absolute Gasteiger partial charge is 0.338 e. The fraction of sp³-hybridized carbons (Fsp3) is 0.286. The molecule has 2 aliphatic heterocycles. The zero-order valence-corrected chi connectivity index (χ0v) is 15.2. The van der Waals surface area contributed by atoms with Crippen LogP contribution in [-0.2, 0) is 11.3 Å². The smallest absolute Gasteiger partial charge is 0.325 e. The molecular formula is C21H20FN3O3. The van der Waals surface area contributed by atoms with E-state index < -0.39 is 11.6 Å². The Morgan fingerprint density at radius 3 is 2.29 bits per heavy atom. The van der Waals surface area contributed by atoms with Crippen LogP contribution in [0.1, 0.15) is 28.8 Å². The molecule has 2 fully saturated rings. The summed E-state index contributed by atoms with van der Waals surface area (Å²) in [5, 5.41) is 2.83. The minimum absolute atomic E-state index is 0.0737. The van der Waals surface area contributed by atoms with Crippen molar-refractivity contribution in [2.24, 2.45) is 0 Å². The van der Waals surface area contributed by atoms with Crippen LogP contribution in [0.5, 0.6) is 0 Å². The first-order valence-corrected chi connectivity index (χ1v) is 9.21. The molecule has 2 heterocycles. The molecule has 2 aromatic carbocycles. The average molecular weight is 381 g/mol. The summed E-state index contributed by atoms with van der Waals surface area (Å²) >= 11 is 0. The third kappa shape index (κ3) is 3.24. The van der Waals surface area contributed by atoms with E-state index in [1.165, 1.54) is 17.0 Å². The third-order valence-corrected chi connectivity index (χ3v) is 5.42. The number of hydrogen-bond donors (Lipinski definition) is 1. The van der Waals surface area contributed by atoms with Gasteiger partial charge in [-0.15, -0.1) is 0 Å². The molecule has 6 nitrogen and oxygen atoms in total. The van der Waals surface area contributed by atoms with Gasteiger partial charge in [-0.2, -0.15) is 0 Å². The lowest BCUT2D eigenvalue weighted by atomic mass is 9.87. The van der Waals surface area contributed by atoms with Gasteiger partial charge in [-0.05, 0) is 42.7 Å². The lowest BCUT2D eigenvalue weighted by Gasteiger charge is -2.37. The van der Waals surface area contributed by atoms with E-state index in [4.69, 9.17) is 0 Å². The van der Waals surface area contributed by atoms with Crippen molar-refractivity contribution in [3.05, 3.63) is 71.5 Å². The minimum Gasteiger partial charge on any atom is -0.338 e. The molecule has 4 amide bonds. The molecule has 2 saturated heterocycles. The van der Waals surface area contributed by atoms with Gasteiger partial charge in [0.1, 0.15) is 11.4 Å². The number of carbonyl (C=O) groups excluding carboxylic acids is 3. The molecule has 0 aromatic heterocycles. The summed E-state index contributed by atoms with van der Waals surface area (Å²) in [7, 11) is 0. The zero-order valence-electron chi connectivity index (χ0n) is 15.2. The summed E-state index contributed by atoms with van der Waals surface area (Å²) in [4.78, 5) is 40.9. The maximum Gasteiger partial charge on any atom is 0.325 e. The molecule has 0 atom stereocenters. The summed E-state index contributed by atoms with van der Waals surface area (Å²) in [6.07, 6.45) is 0.742. The normalized spacial score (nSPS) is 18.5. The van der Waals surface area contributed by atoms with Gasteiger partial charge in [0.05, 0.1) is 6.54 Å². The molecule has 0 aliphatic carbocycles. The predicted octanol–water partition coefficient (Wildman–Crippen LogP) is 2.55. The van der Waals surface area contributed by atoms with Crippen LogP contribution in [0.25, 0.3) is 0 Å². The Kier molecular flexibility index (Phi) is 4.58. The number of benzene rings is 2. The first-order chi connectivity index (χ1) is 13.5. The summed E-state index contributed by atoms with van der Waals surface area (Å²) in [6.45, 7) is 0.883. The Bertz CT molecular complexity index is 906. The molecule has 4 rings (SSSR count). The molecular weight excluding hydrogens is 361 g/mol. The van der Waals surface area contributed by atoms with Crippen molar-refractivity contribution in [1.29, 1.82) is 0 Å². The predicted molar refractivity (Wildman–Crippen MR) is 99.8 cm³/mol. The maximum absolute atomic E-state index is 13.1. The number of likely N-dealkylation sites (tertiary alicyclic amines) is 1. The van der Waals surface area contributed by atoms with Gasteiger partial charge in [-0.1, -0.05) is 30.3 Å². The lowest BCUT2D eigenvalue weighted by Crippen LogP contribution is -2.55. The first kappa shape index (κ1) is 18.2. The summed E-state index contributed by atoms with van der Waals surface area (Å²) in [6, 6.07) is 14.3. The molecule has 1 N–H and O–H groups in total. The van der Waals surface area contributed by atoms with Crippen molar-refractivity contribution in [2.45, 2.75) is 24.9 Å². The van der Waals surface area contributed by atoms with Crippen LogP contribution >= 0.6 is 0 Å². The highest BCUT2D eigenvalue weighted by Crippen LogP contribution is 2.31. The number of halogens is 1. The molecule has 0 bridgehead atoms. The molecule has 2 aromatic rings. The van der Waals surface area contributed by atoms with Gasteiger partial charge in [0, 0.05) is 18.7 Å². The maximum atomic E-state index is 13.1. The molecule has 28 heavy (non-hydrogen) atoms. The summed E-state index contributed by atoms with van der Waals surface area (Å²) in [5.74, 6) is -0.725. The van der Waals surface area contributed by atoms with Crippen LogP contribution in [-0.4, -0.2) is 46.3 Å². The molecule has 2 aliphatic rings. The monoisotopic (exact) mass is 381 g/mol. The van der Waals surface area contributed by atoms with Crippen LogP contribution in [0, 0.1) is 5.82 Å². The number of nitrogens with zero attached hydrogens (tertiary/aromatic N) is 2. The Morgan fingerprint density at radius 1 is 1.00 bits per heavy atom. The Morgan fingerprint density at radius 2 is 1.64 bits per heavy atom. The molecule has 7 heteroatoms. The standard InChI is InChI=1S/C21H20FN3O3/c22-17-8-6-15(7-9-17)14-25-19(27)21(23-20(25)28)10-12-24(13-11-21)18(26)16-4-2-1-3-5-16/h1-9H,10-14H2,(H,23,28). The lowest BCUT2D eigenvalue weighted by molar-refractivity contribution is -0.133. The van der Waals surface area contributed by atoms with E-state index in [0.29, 0.717) is 37.1 Å². The van der Waals surface area contributed by atoms with Crippen molar-refractivity contribution >= 4 is 17.8 Å². The van der Waals surface area contributed by atoms with Crippen LogP contribution < -0.4 is 5.32 Å². The number of carbonyl (C=O) groups is 3. The van der Waals surface area contributed by atoms with E-state index in [-0.39, 0.29) is 24.2 Å². The number of nitrogens with one attached hydrogen (secondary N) is 1. The SMILES string of the molecule is O=C(c1ccccc1)N1CCC2(CC1)NC(=O)N(Cc1ccc(F)cc1)C2=O. The first-order valence-electron chi connectivity index (χ1n) is 9.21. The Balaban J connectivity index is 1.44.